The van der Waals surface area contributed by atoms with E-state index < -0.39 is 11.6 Å². The van der Waals surface area contributed by atoms with E-state index >= 15 is 0 Å². The summed E-state index contributed by atoms with van der Waals surface area (Å²) in [6.07, 6.45) is 0. The molecule has 1 N–H and O–H groups in total. The second-order valence-corrected chi connectivity index (χ2v) is 3.12. The molecule has 0 aliphatic carbocycles. The van der Waals surface area contributed by atoms with Crippen molar-refractivity contribution in [3.05, 3.63) is 35.9 Å². The van der Waals surface area contributed by atoms with Crippen molar-refractivity contribution in [3.8, 4) is 6.07 Å². The van der Waals surface area contributed by atoms with Crippen LogP contribution in [0.2, 0.25) is 0 Å². The van der Waals surface area contributed by atoms with E-state index in [1.54, 1.807) is 36.4 Å². The summed E-state index contributed by atoms with van der Waals surface area (Å²) in [6.45, 7) is 0.867. The molecule has 1 aromatic rings. The highest BCUT2D eigenvalue weighted by Crippen LogP contribution is 2.20. The van der Waals surface area contributed by atoms with Gasteiger partial charge in [-0.05, 0) is 0 Å². The van der Waals surface area contributed by atoms with Crippen molar-refractivity contribution in [2.45, 2.75) is 12.5 Å². The first-order valence-corrected chi connectivity index (χ1v) is 4.41. The maximum absolute atomic E-state index is 10.6. The van der Waals surface area contributed by atoms with Gasteiger partial charge in [-0.2, -0.15) is 5.26 Å². The Balaban J connectivity index is 2.87. The van der Waals surface area contributed by atoms with Crippen molar-refractivity contribution in [2.24, 2.45) is 0 Å². The van der Waals surface area contributed by atoms with Gasteiger partial charge in [0.15, 0.2) is 0 Å². The summed E-state index contributed by atoms with van der Waals surface area (Å²) >= 11 is 0. The van der Waals surface area contributed by atoms with Crippen LogP contribution < -0.4 is 0 Å². The van der Waals surface area contributed by atoms with Gasteiger partial charge in [0.25, 0.3) is 0 Å². The normalized spacial score (nSPS) is 13.7. The van der Waals surface area contributed by atoms with E-state index in [-0.39, 0.29) is 6.61 Å². The Kier molecular flexibility index (Phi) is 3.42. The average Bonchev–Trinajstić information content (AvgIpc) is 2.27. The van der Waals surface area contributed by atoms with Crippen molar-refractivity contribution >= 4 is 5.97 Å². The Bertz CT molecular complexity index is 383. The number of benzene rings is 1. The molecule has 0 saturated carbocycles. The molecule has 1 aromatic carbocycles. The fourth-order valence-corrected chi connectivity index (χ4v) is 1.10. The van der Waals surface area contributed by atoms with Crippen LogP contribution in [-0.4, -0.2) is 17.7 Å². The number of carbonyl (C=O) groups excluding carboxylic acids is 1. The molecular weight excluding hydrogens is 194 g/mol. The third-order valence-corrected chi connectivity index (χ3v) is 1.92. The highest BCUT2D eigenvalue weighted by Gasteiger charge is 2.30. The smallest absolute Gasteiger partial charge is 0.302 e. The maximum Gasteiger partial charge on any atom is 0.302 e. The van der Waals surface area contributed by atoms with Crippen LogP contribution in [0, 0.1) is 11.3 Å². The van der Waals surface area contributed by atoms with Crippen LogP contribution in [0.5, 0.6) is 0 Å². The average molecular weight is 205 g/mol. The predicted octanol–water partition coefficient (Wildman–Crippen LogP) is 0.961. The van der Waals surface area contributed by atoms with Crippen molar-refractivity contribution in [3.63, 3.8) is 0 Å². The largest absolute Gasteiger partial charge is 0.461 e. The molecule has 0 fully saturated rings. The lowest BCUT2D eigenvalue weighted by atomic mass is 9.97. The molecule has 1 rings (SSSR count). The van der Waals surface area contributed by atoms with Gasteiger partial charge in [-0.15, -0.1) is 0 Å². The molecular formula is C11H11NO3. The molecule has 0 amide bonds. The lowest BCUT2D eigenvalue weighted by Gasteiger charge is -2.19. The molecule has 0 bridgehead atoms. The summed E-state index contributed by atoms with van der Waals surface area (Å²) in [7, 11) is 0. The van der Waals surface area contributed by atoms with Crippen molar-refractivity contribution in [1.82, 2.24) is 0 Å². The third-order valence-electron chi connectivity index (χ3n) is 1.92. The molecule has 0 spiro atoms. The minimum absolute atomic E-state index is 0.358. The highest BCUT2D eigenvalue weighted by molar-refractivity contribution is 5.66. The van der Waals surface area contributed by atoms with Crippen LogP contribution in [0.3, 0.4) is 0 Å². The number of aliphatic hydroxyl groups is 1. The first-order chi connectivity index (χ1) is 7.08. The van der Waals surface area contributed by atoms with Gasteiger partial charge in [-0.1, -0.05) is 30.3 Å². The fraction of sp³-hybridized carbons (Fsp3) is 0.273. The number of hydrogen-bond acceptors (Lipinski definition) is 4. The van der Waals surface area contributed by atoms with E-state index in [2.05, 4.69) is 4.74 Å². The number of nitrogens with zero attached hydrogens (tertiary/aromatic N) is 1. The number of hydrogen-bond donors (Lipinski definition) is 1. The molecule has 4 nitrogen and oxygen atoms in total. The summed E-state index contributed by atoms with van der Waals surface area (Å²) in [4.78, 5) is 10.6. The molecule has 0 aliphatic heterocycles. The van der Waals surface area contributed by atoms with Crippen LogP contribution >= 0.6 is 0 Å². The van der Waals surface area contributed by atoms with Gasteiger partial charge in [-0.3, -0.25) is 4.79 Å². The number of ether oxygens (including phenoxy) is 1. The molecule has 0 aromatic heterocycles. The van der Waals surface area contributed by atoms with E-state index in [9.17, 15) is 9.90 Å². The zero-order valence-corrected chi connectivity index (χ0v) is 8.30. The number of esters is 1. The quantitative estimate of drug-likeness (QED) is 0.589. The van der Waals surface area contributed by atoms with Gasteiger partial charge >= 0.3 is 5.97 Å². The lowest BCUT2D eigenvalue weighted by molar-refractivity contribution is -0.146. The van der Waals surface area contributed by atoms with Gasteiger partial charge in [0, 0.05) is 12.5 Å². The molecule has 0 radical (unpaired) electrons. The minimum Gasteiger partial charge on any atom is -0.461 e. The Morgan fingerprint density at radius 2 is 2.13 bits per heavy atom. The van der Waals surface area contributed by atoms with E-state index in [1.165, 1.54) is 6.92 Å². The van der Waals surface area contributed by atoms with Crippen LogP contribution in [0.1, 0.15) is 12.5 Å². The maximum atomic E-state index is 10.6. The summed E-state index contributed by atoms with van der Waals surface area (Å²) < 4.78 is 4.64. The minimum atomic E-state index is -1.77. The molecule has 78 valence electrons. The van der Waals surface area contributed by atoms with Crippen LogP contribution in [0.4, 0.5) is 0 Å². The van der Waals surface area contributed by atoms with E-state index in [1.807, 2.05) is 0 Å². The van der Waals surface area contributed by atoms with E-state index in [4.69, 9.17) is 5.26 Å². The van der Waals surface area contributed by atoms with Crippen LogP contribution in [-0.2, 0) is 15.1 Å². The SMILES string of the molecule is CC(=O)OCC(O)(C#N)c1ccccc1. The number of rotatable bonds is 3. The van der Waals surface area contributed by atoms with Crippen molar-refractivity contribution in [1.29, 1.82) is 5.26 Å². The summed E-state index contributed by atoms with van der Waals surface area (Å²) in [5.41, 5.74) is -1.36. The fourth-order valence-electron chi connectivity index (χ4n) is 1.10. The van der Waals surface area contributed by atoms with Gasteiger partial charge in [0.1, 0.15) is 12.7 Å². The Morgan fingerprint density at radius 1 is 1.53 bits per heavy atom. The van der Waals surface area contributed by atoms with Crippen molar-refractivity contribution in [2.75, 3.05) is 6.61 Å². The zero-order valence-electron chi connectivity index (χ0n) is 8.30. The first-order valence-electron chi connectivity index (χ1n) is 4.41. The first kappa shape index (κ1) is 11.2. The second kappa shape index (κ2) is 4.58. The van der Waals surface area contributed by atoms with Crippen molar-refractivity contribution < 1.29 is 14.6 Å². The monoisotopic (exact) mass is 205 g/mol. The molecule has 1 unspecified atom stereocenters. The Morgan fingerprint density at radius 3 is 2.60 bits per heavy atom. The van der Waals surface area contributed by atoms with Crippen LogP contribution in [0.15, 0.2) is 30.3 Å². The molecule has 0 saturated heterocycles. The molecule has 0 heterocycles. The van der Waals surface area contributed by atoms with E-state index in [0.717, 1.165) is 0 Å². The standard InChI is InChI=1S/C11H11NO3/c1-9(13)15-8-11(14,7-12)10-5-3-2-4-6-10/h2-6,14H,8H2,1H3. The number of carbonyl (C=O) groups is 1. The van der Waals surface area contributed by atoms with E-state index in [0.29, 0.717) is 5.56 Å². The lowest BCUT2D eigenvalue weighted by Crippen LogP contribution is -2.30. The zero-order chi connectivity index (χ0) is 11.3. The molecule has 4 heteroatoms. The number of nitriles is 1. The molecule has 1 atom stereocenters. The Labute approximate surface area is 87.7 Å². The summed E-state index contributed by atoms with van der Waals surface area (Å²) in [5, 5.41) is 18.8. The van der Waals surface area contributed by atoms with Gasteiger partial charge in [0.2, 0.25) is 5.60 Å². The van der Waals surface area contributed by atoms with Gasteiger partial charge in [-0.25, -0.2) is 0 Å². The summed E-state index contributed by atoms with van der Waals surface area (Å²) in [5.74, 6) is -0.528. The Hall–Kier alpha value is -1.86. The molecule has 15 heavy (non-hydrogen) atoms. The summed E-state index contributed by atoms with van der Waals surface area (Å²) in [6, 6.07) is 10.1. The van der Waals surface area contributed by atoms with Gasteiger partial charge < -0.3 is 9.84 Å². The molecule has 0 aliphatic rings. The van der Waals surface area contributed by atoms with Gasteiger partial charge in [0.05, 0.1) is 0 Å². The predicted molar refractivity (Wildman–Crippen MR) is 52.6 cm³/mol. The highest BCUT2D eigenvalue weighted by atomic mass is 16.5. The third kappa shape index (κ3) is 2.79. The van der Waals surface area contributed by atoms with Crippen LogP contribution in [0.25, 0.3) is 0 Å². The second-order valence-electron chi connectivity index (χ2n) is 3.12. The topological polar surface area (TPSA) is 70.3 Å².